The van der Waals surface area contributed by atoms with Crippen LogP contribution >= 0.6 is 0 Å². The third kappa shape index (κ3) is 3.78. The Morgan fingerprint density at radius 2 is 1.88 bits per heavy atom. The first-order chi connectivity index (χ1) is 12.0. The lowest BCUT2D eigenvalue weighted by Gasteiger charge is -2.19. The van der Waals surface area contributed by atoms with Crippen molar-refractivity contribution in [2.45, 2.75) is 59.4 Å². The van der Waals surface area contributed by atoms with Crippen molar-refractivity contribution in [2.24, 2.45) is 5.92 Å². The molecule has 2 aromatic rings. The normalized spacial score (nSPS) is 14.9. The molecule has 0 aliphatic heterocycles. The van der Waals surface area contributed by atoms with Crippen LogP contribution in [0.25, 0.3) is 5.69 Å². The van der Waals surface area contributed by atoms with Crippen LogP contribution in [0, 0.1) is 26.7 Å². The Hall–Kier alpha value is -2.10. The van der Waals surface area contributed by atoms with Crippen LogP contribution in [0.3, 0.4) is 0 Å². The molecule has 1 saturated carbocycles. The fraction of sp³-hybridized carbons (Fsp3) is 0.524. The molecule has 4 heteroatoms. The zero-order valence-electron chi connectivity index (χ0n) is 15.9. The molecule has 1 heterocycles. The van der Waals surface area contributed by atoms with E-state index < -0.39 is 0 Å². The standard InChI is InChI=1S/C21H29N3O/c1-15-9-5-8-12-20(15)24-17(3)19(16(2)22-24)14-23(4)21(25)13-18-10-6-7-11-18/h5,8-9,12,18H,6-7,10-11,13-14H2,1-4H3. The number of benzene rings is 1. The topological polar surface area (TPSA) is 38.1 Å². The number of hydrogen-bond donors (Lipinski definition) is 0. The maximum Gasteiger partial charge on any atom is 0.222 e. The summed E-state index contributed by atoms with van der Waals surface area (Å²) in [6, 6.07) is 8.27. The number of hydrogen-bond acceptors (Lipinski definition) is 2. The van der Waals surface area contributed by atoms with Gasteiger partial charge in [-0.15, -0.1) is 0 Å². The highest BCUT2D eigenvalue weighted by atomic mass is 16.2. The molecule has 1 aliphatic rings. The van der Waals surface area contributed by atoms with E-state index in [1.165, 1.54) is 31.2 Å². The second-order valence-electron chi connectivity index (χ2n) is 7.45. The van der Waals surface area contributed by atoms with Crippen LogP contribution in [0.15, 0.2) is 24.3 Å². The van der Waals surface area contributed by atoms with Crippen LogP contribution in [-0.4, -0.2) is 27.6 Å². The Kier molecular flexibility index (Phi) is 5.26. The third-order valence-electron chi connectivity index (χ3n) is 5.54. The minimum absolute atomic E-state index is 0.259. The lowest BCUT2D eigenvalue weighted by Crippen LogP contribution is -2.28. The highest BCUT2D eigenvalue weighted by Crippen LogP contribution is 2.28. The molecule has 0 radical (unpaired) electrons. The zero-order chi connectivity index (χ0) is 18.0. The summed E-state index contributed by atoms with van der Waals surface area (Å²) in [4.78, 5) is 14.4. The molecule has 0 N–H and O–H groups in total. The molecule has 25 heavy (non-hydrogen) atoms. The van der Waals surface area contributed by atoms with Crippen LogP contribution in [0.1, 0.15) is 54.6 Å². The number of amides is 1. The highest BCUT2D eigenvalue weighted by molar-refractivity contribution is 5.76. The van der Waals surface area contributed by atoms with Gasteiger partial charge in [-0.25, -0.2) is 4.68 Å². The average Bonchev–Trinajstić information content (AvgIpc) is 3.18. The van der Waals surface area contributed by atoms with Crippen LogP contribution in [0.4, 0.5) is 0 Å². The van der Waals surface area contributed by atoms with Crippen molar-refractivity contribution in [3.8, 4) is 5.69 Å². The van der Waals surface area contributed by atoms with Gasteiger partial charge in [-0.05, 0) is 51.2 Å². The van der Waals surface area contributed by atoms with E-state index in [0.29, 0.717) is 18.9 Å². The smallest absolute Gasteiger partial charge is 0.222 e. The highest BCUT2D eigenvalue weighted by Gasteiger charge is 2.22. The van der Waals surface area contributed by atoms with Crippen LogP contribution in [0.2, 0.25) is 0 Å². The molecule has 1 fully saturated rings. The Morgan fingerprint density at radius 1 is 1.20 bits per heavy atom. The summed E-state index contributed by atoms with van der Waals surface area (Å²) in [5.74, 6) is 0.848. The van der Waals surface area contributed by atoms with Gasteiger partial charge in [-0.1, -0.05) is 31.0 Å². The largest absolute Gasteiger partial charge is 0.341 e. The van der Waals surface area contributed by atoms with Gasteiger partial charge in [0, 0.05) is 31.3 Å². The van der Waals surface area contributed by atoms with Gasteiger partial charge in [0.15, 0.2) is 0 Å². The first-order valence-electron chi connectivity index (χ1n) is 9.32. The summed E-state index contributed by atoms with van der Waals surface area (Å²) in [5.41, 5.74) is 5.58. The maximum atomic E-state index is 12.6. The van der Waals surface area contributed by atoms with Gasteiger partial charge >= 0.3 is 0 Å². The molecule has 0 saturated heterocycles. The fourth-order valence-electron chi connectivity index (χ4n) is 3.88. The van der Waals surface area contributed by atoms with Gasteiger partial charge in [-0.2, -0.15) is 5.10 Å². The molecule has 134 valence electrons. The predicted octanol–water partition coefficient (Wildman–Crippen LogP) is 4.34. The zero-order valence-corrected chi connectivity index (χ0v) is 15.9. The van der Waals surface area contributed by atoms with Crippen LogP contribution in [-0.2, 0) is 11.3 Å². The Bertz CT molecular complexity index is 756. The molecule has 4 nitrogen and oxygen atoms in total. The van der Waals surface area contributed by atoms with E-state index in [2.05, 4.69) is 26.0 Å². The Labute approximate surface area is 150 Å². The van der Waals surface area contributed by atoms with Crippen molar-refractivity contribution in [3.63, 3.8) is 0 Å². The van der Waals surface area contributed by atoms with Crippen LogP contribution in [0.5, 0.6) is 0 Å². The summed E-state index contributed by atoms with van der Waals surface area (Å²) < 4.78 is 2.01. The Morgan fingerprint density at radius 3 is 2.56 bits per heavy atom. The number of para-hydroxylation sites is 1. The fourth-order valence-corrected chi connectivity index (χ4v) is 3.88. The number of aromatic nitrogens is 2. The number of nitrogens with zero attached hydrogens (tertiary/aromatic N) is 3. The predicted molar refractivity (Wildman–Crippen MR) is 101 cm³/mol. The van der Waals surface area contributed by atoms with Crippen molar-refractivity contribution >= 4 is 5.91 Å². The number of aryl methyl sites for hydroxylation is 2. The van der Waals surface area contributed by atoms with Gasteiger partial charge in [0.05, 0.1) is 11.4 Å². The van der Waals surface area contributed by atoms with Gasteiger partial charge < -0.3 is 4.90 Å². The molecule has 1 aromatic heterocycles. The summed E-state index contributed by atoms with van der Waals surface area (Å²) in [6.45, 7) is 6.86. The molecule has 0 spiro atoms. The number of rotatable bonds is 5. The molecule has 0 atom stereocenters. The van der Waals surface area contributed by atoms with E-state index in [1.54, 1.807) is 0 Å². The number of carbonyl (C=O) groups excluding carboxylic acids is 1. The summed E-state index contributed by atoms with van der Waals surface area (Å²) in [5, 5.41) is 4.74. The summed E-state index contributed by atoms with van der Waals surface area (Å²) >= 11 is 0. The molecular weight excluding hydrogens is 310 g/mol. The minimum atomic E-state index is 0.259. The lowest BCUT2D eigenvalue weighted by molar-refractivity contribution is -0.131. The van der Waals surface area contributed by atoms with Crippen molar-refractivity contribution in [3.05, 3.63) is 46.8 Å². The molecule has 0 unspecified atom stereocenters. The van der Waals surface area contributed by atoms with Crippen molar-refractivity contribution in [2.75, 3.05) is 7.05 Å². The number of carbonyl (C=O) groups is 1. The monoisotopic (exact) mass is 339 g/mol. The SMILES string of the molecule is Cc1ccccc1-n1nc(C)c(CN(C)C(=O)CC2CCCC2)c1C. The van der Waals surface area contributed by atoms with Gasteiger partial charge in [0.25, 0.3) is 0 Å². The second-order valence-corrected chi connectivity index (χ2v) is 7.45. The first kappa shape index (κ1) is 17.7. The second kappa shape index (κ2) is 7.42. The van der Waals surface area contributed by atoms with E-state index in [-0.39, 0.29) is 5.91 Å². The molecule has 1 aromatic carbocycles. The molecule has 1 amide bonds. The van der Waals surface area contributed by atoms with E-state index in [1.807, 2.05) is 35.7 Å². The summed E-state index contributed by atoms with van der Waals surface area (Å²) in [7, 11) is 1.92. The van der Waals surface area contributed by atoms with Crippen LogP contribution < -0.4 is 0 Å². The van der Waals surface area contributed by atoms with E-state index in [0.717, 1.165) is 22.6 Å². The molecule has 3 rings (SSSR count). The molecule has 1 aliphatic carbocycles. The van der Waals surface area contributed by atoms with Gasteiger partial charge in [0.2, 0.25) is 5.91 Å². The van der Waals surface area contributed by atoms with Crippen molar-refractivity contribution in [1.82, 2.24) is 14.7 Å². The van der Waals surface area contributed by atoms with E-state index in [9.17, 15) is 4.79 Å². The maximum absolute atomic E-state index is 12.6. The van der Waals surface area contributed by atoms with E-state index >= 15 is 0 Å². The lowest BCUT2D eigenvalue weighted by atomic mass is 10.0. The van der Waals surface area contributed by atoms with Gasteiger partial charge in [-0.3, -0.25) is 4.79 Å². The average molecular weight is 339 g/mol. The quantitative estimate of drug-likeness (QED) is 0.813. The third-order valence-corrected chi connectivity index (χ3v) is 5.54. The first-order valence-corrected chi connectivity index (χ1v) is 9.32. The van der Waals surface area contributed by atoms with Gasteiger partial charge in [0.1, 0.15) is 0 Å². The molecule has 0 bridgehead atoms. The molecular formula is C21H29N3O. The summed E-state index contributed by atoms with van der Waals surface area (Å²) in [6.07, 6.45) is 5.68. The Balaban J connectivity index is 1.76. The van der Waals surface area contributed by atoms with Crippen molar-refractivity contribution in [1.29, 1.82) is 0 Å². The van der Waals surface area contributed by atoms with E-state index in [4.69, 9.17) is 5.10 Å². The minimum Gasteiger partial charge on any atom is -0.341 e. The van der Waals surface area contributed by atoms with Crippen molar-refractivity contribution < 1.29 is 4.79 Å².